The van der Waals surface area contributed by atoms with Crippen LogP contribution in [0, 0.1) is 0 Å². The normalized spacial score (nSPS) is 21.8. The lowest BCUT2D eigenvalue weighted by molar-refractivity contribution is -0.192. The van der Waals surface area contributed by atoms with E-state index in [4.69, 9.17) is 14.6 Å². The maximum absolute atomic E-state index is 12.0. The van der Waals surface area contributed by atoms with E-state index in [1.54, 1.807) is 30.3 Å². The number of rotatable bonds is 3. The average Bonchev–Trinajstić information content (AvgIpc) is 3.26. The van der Waals surface area contributed by atoms with Gasteiger partial charge in [-0.25, -0.2) is 9.78 Å². The fourth-order valence-electron chi connectivity index (χ4n) is 3.28. The van der Waals surface area contributed by atoms with Crippen LogP contribution in [-0.2, 0) is 20.9 Å². The third-order valence-electron chi connectivity index (χ3n) is 4.82. The number of thiazole rings is 1. The zero-order valence-corrected chi connectivity index (χ0v) is 16.6. The highest BCUT2D eigenvalue weighted by atomic mass is 32.1. The van der Waals surface area contributed by atoms with Crippen LogP contribution in [0.4, 0.5) is 13.2 Å². The Bertz CT molecular complexity index is 659. The van der Waals surface area contributed by atoms with Gasteiger partial charge in [-0.15, -0.1) is 11.3 Å². The minimum Gasteiger partial charge on any atom is -0.475 e. The highest BCUT2D eigenvalue weighted by Crippen LogP contribution is 2.39. The van der Waals surface area contributed by atoms with Crippen molar-refractivity contribution < 1.29 is 32.6 Å². The molecule has 7 nitrogen and oxygen atoms in total. The Morgan fingerprint density at radius 1 is 1.36 bits per heavy atom. The van der Waals surface area contributed by atoms with Crippen LogP contribution in [0.15, 0.2) is 11.6 Å². The zero-order chi connectivity index (χ0) is 20.9. The second-order valence-electron chi connectivity index (χ2n) is 7.07. The van der Waals surface area contributed by atoms with Crippen LogP contribution in [-0.4, -0.2) is 76.8 Å². The average molecular weight is 423 g/mol. The number of carboxylic acids is 1. The predicted octanol–water partition coefficient (Wildman–Crippen LogP) is 2.38. The van der Waals surface area contributed by atoms with Gasteiger partial charge in [0.15, 0.2) is 0 Å². The molecule has 1 aromatic heterocycles. The number of alkyl halides is 3. The number of hydrogen-bond acceptors (Lipinski definition) is 6. The molecule has 2 saturated heterocycles. The fourth-order valence-corrected chi connectivity index (χ4v) is 3.94. The molecule has 0 aliphatic carbocycles. The third kappa shape index (κ3) is 6.14. The van der Waals surface area contributed by atoms with E-state index in [0.717, 1.165) is 45.3 Å². The van der Waals surface area contributed by atoms with Crippen molar-refractivity contribution in [1.29, 1.82) is 0 Å². The Morgan fingerprint density at radius 2 is 1.96 bits per heavy atom. The van der Waals surface area contributed by atoms with Gasteiger partial charge in [0.05, 0.1) is 12.1 Å². The van der Waals surface area contributed by atoms with Crippen LogP contribution < -0.4 is 0 Å². The Balaban J connectivity index is 0.000000345. The number of aromatic nitrogens is 1. The van der Waals surface area contributed by atoms with Gasteiger partial charge in [-0.05, 0) is 25.7 Å². The number of carbonyl (C=O) groups is 2. The summed E-state index contributed by atoms with van der Waals surface area (Å²) in [4.78, 5) is 29.4. The summed E-state index contributed by atoms with van der Waals surface area (Å²) in [5.74, 6) is -2.65. The zero-order valence-electron chi connectivity index (χ0n) is 15.7. The Kier molecular flexibility index (Phi) is 7.40. The number of ether oxygens (including phenoxy) is 1. The molecule has 1 N–H and O–H groups in total. The Labute approximate surface area is 165 Å². The van der Waals surface area contributed by atoms with Crippen molar-refractivity contribution in [2.24, 2.45) is 0 Å². The first-order valence-corrected chi connectivity index (χ1v) is 9.70. The van der Waals surface area contributed by atoms with Gasteiger partial charge < -0.3 is 14.7 Å². The molecule has 11 heteroatoms. The lowest BCUT2D eigenvalue weighted by Crippen LogP contribution is -2.45. The fraction of sp³-hybridized carbons (Fsp3) is 0.706. The van der Waals surface area contributed by atoms with Crippen LogP contribution in [0.3, 0.4) is 0 Å². The number of halogens is 3. The standard InChI is InChI=1S/C15H23N3O2S.C2HF3O2/c1-17(2)14(19)12-3-4-15(20-12)5-8-18(9-6-15)11-13-16-7-10-21-13;3-2(4,5)1(6)7/h7,10,12H,3-6,8-9,11H2,1-2H3;(H,6,7). The number of aliphatic carboxylic acids is 1. The van der Waals surface area contributed by atoms with Gasteiger partial charge in [0.2, 0.25) is 0 Å². The summed E-state index contributed by atoms with van der Waals surface area (Å²) in [6.45, 7) is 3.00. The minimum atomic E-state index is -5.08. The molecule has 0 aromatic carbocycles. The Hall–Kier alpha value is -1.72. The van der Waals surface area contributed by atoms with Gasteiger partial charge in [0.25, 0.3) is 5.91 Å². The number of likely N-dealkylation sites (tertiary alicyclic amines) is 1. The number of piperidine rings is 1. The Morgan fingerprint density at radius 3 is 2.43 bits per heavy atom. The summed E-state index contributed by atoms with van der Waals surface area (Å²) in [6.07, 6.45) is 0.477. The number of amides is 1. The predicted molar refractivity (Wildman–Crippen MR) is 95.8 cm³/mol. The summed E-state index contributed by atoms with van der Waals surface area (Å²) < 4.78 is 37.9. The molecule has 0 saturated carbocycles. The second kappa shape index (κ2) is 9.19. The van der Waals surface area contributed by atoms with Crippen molar-refractivity contribution >= 4 is 23.2 Å². The summed E-state index contributed by atoms with van der Waals surface area (Å²) >= 11 is 1.71. The van der Waals surface area contributed by atoms with Crippen LogP contribution in [0.1, 0.15) is 30.7 Å². The number of nitrogens with zero attached hydrogens (tertiary/aromatic N) is 3. The molecule has 2 aliphatic heterocycles. The van der Waals surface area contributed by atoms with E-state index in [0.29, 0.717) is 0 Å². The molecule has 0 radical (unpaired) electrons. The monoisotopic (exact) mass is 423 g/mol. The molecule has 3 rings (SSSR count). The van der Waals surface area contributed by atoms with Crippen molar-refractivity contribution in [3.8, 4) is 0 Å². The van der Waals surface area contributed by atoms with Gasteiger partial charge in [0.1, 0.15) is 11.1 Å². The van der Waals surface area contributed by atoms with Gasteiger partial charge in [-0.3, -0.25) is 9.69 Å². The first-order valence-electron chi connectivity index (χ1n) is 8.82. The second-order valence-corrected chi connectivity index (χ2v) is 8.04. The van der Waals surface area contributed by atoms with Crippen molar-refractivity contribution in [1.82, 2.24) is 14.8 Å². The number of carbonyl (C=O) groups excluding carboxylic acids is 1. The van der Waals surface area contributed by atoms with E-state index in [9.17, 15) is 18.0 Å². The molecule has 1 spiro atoms. The summed E-state index contributed by atoms with van der Waals surface area (Å²) in [7, 11) is 3.60. The van der Waals surface area contributed by atoms with Gasteiger partial charge in [-0.2, -0.15) is 13.2 Å². The SMILES string of the molecule is CN(C)C(=O)C1CCC2(CCN(Cc3nccs3)CC2)O1.O=C(O)C(F)(F)F. The number of hydrogen-bond donors (Lipinski definition) is 1. The van der Waals surface area contributed by atoms with Crippen molar-refractivity contribution in [3.05, 3.63) is 16.6 Å². The van der Waals surface area contributed by atoms with Gasteiger partial charge in [0, 0.05) is 38.8 Å². The molecule has 2 fully saturated rings. The van der Waals surface area contributed by atoms with Crippen LogP contribution >= 0.6 is 11.3 Å². The van der Waals surface area contributed by atoms with E-state index in [1.807, 2.05) is 11.6 Å². The van der Waals surface area contributed by atoms with E-state index < -0.39 is 12.1 Å². The maximum Gasteiger partial charge on any atom is 0.490 e. The van der Waals surface area contributed by atoms with E-state index in [2.05, 4.69) is 9.88 Å². The van der Waals surface area contributed by atoms with Crippen LogP contribution in [0.5, 0.6) is 0 Å². The summed E-state index contributed by atoms with van der Waals surface area (Å²) in [6, 6.07) is 0. The highest BCUT2D eigenvalue weighted by Gasteiger charge is 2.45. The van der Waals surface area contributed by atoms with E-state index in [1.165, 1.54) is 5.01 Å². The van der Waals surface area contributed by atoms with Gasteiger partial charge >= 0.3 is 12.1 Å². The van der Waals surface area contributed by atoms with E-state index >= 15 is 0 Å². The van der Waals surface area contributed by atoms with Gasteiger partial charge in [-0.1, -0.05) is 0 Å². The number of carboxylic acid groups (broad SMARTS) is 1. The first-order chi connectivity index (χ1) is 13.0. The van der Waals surface area contributed by atoms with Crippen molar-refractivity contribution in [2.75, 3.05) is 27.2 Å². The largest absolute Gasteiger partial charge is 0.490 e. The highest BCUT2D eigenvalue weighted by molar-refractivity contribution is 7.09. The molecular weight excluding hydrogens is 399 g/mol. The smallest absolute Gasteiger partial charge is 0.475 e. The molecule has 2 aliphatic rings. The molecule has 1 unspecified atom stereocenters. The molecule has 158 valence electrons. The maximum atomic E-state index is 12.0. The molecular formula is C17H24F3N3O4S. The molecule has 1 amide bonds. The van der Waals surface area contributed by atoms with Crippen LogP contribution in [0.25, 0.3) is 0 Å². The first kappa shape index (κ1) is 22.6. The van der Waals surface area contributed by atoms with Crippen molar-refractivity contribution in [3.63, 3.8) is 0 Å². The molecule has 0 bridgehead atoms. The summed E-state index contributed by atoms with van der Waals surface area (Å²) in [5, 5.41) is 10.3. The summed E-state index contributed by atoms with van der Waals surface area (Å²) in [5.41, 5.74) is -0.0598. The minimum absolute atomic E-state index is 0.0598. The van der Waals surface area contributed by atoms with Crippen molar-refractivity contribution in [2.45, 2.75) is 50.1 Å². The third-order valence-corrected chi connectivity index (χ3v) is 5.59. The lowest BCUT2D eigenvalue weighted by Gasteiger charge is -2.38. The number of likely N-dealkylation sites (N-methyl/N-ethyl adjacent to an activating group) is 1. The lowest BCUT2D eigenvalue weighted by atomic mass is 9.88. The van der Waals surface area contributed by atoms with Crippen LogP contribution in [0.2, 0.25) is 0 Å². The molecule has 28 heavy (non-hydrogen) atoms. The quantitative estimate of drug-likeness (QED) is 0.804. The molecule has 3 heterocycles. The molecule has 1 atom stereocenters. The topological polar surface area (TPSA) is 83.0 Å². The van der Waals surface area contributed by atoms with E-state index in [-0.39, 0.29) is 17.6 Å². The molecule has 1 aromatic rings.